The predicted octanol–water partition coefficient (Wildman–Crippen LogP) is 13.2. The molecule has 7 aromatic rings. The molecule has 2 aliphatic rings. The molecule has 8 bridgehead atoms. The normalized spacial score (nSPS) is 11.5. The minimum absolute atomic E-state index is 0. The number of nitrogens with zero attached hydrogens (tertiary/aromatic N) is 4. The van der Waals surface area contributed by atoms with E-state index in [1.807, 2.05) is 24.3 Å². The fourth-order valence-corrected chi connectivity index (χ4v) is 7.41. The molecule has 0 fully saturated rings. The fraction of sp³-hybridized carbons (Fsp3) is 0. The molecule has 5 heteroatoms. The van der Waals surface area contributed by atoms with E-state index >= 15 is 0 Å². The first-order valence-electron chi connectivity index (χ1n) is 18.5. The minimum Gasteiger partial charge on any atom is -0.657 e. The molecular formula is C52H36CuN4. The standard InChI is InChI=1S/C52H36N4.Cu/c1-5-33-9-17-37(18-10-33)49-41-25-27-43(53-41)50(38-19-11-34(6-2)12-20-38)45-29-31-47(55-45)52(40-23-15-36(8-4)16-24-40)48-32-30-46(56-48)51(44-28-26-42(49)54-44)39-21-13-35(7-3)14-22-39;/h5-32H,1-4H2;/q-2;+2. The second-order valence-corrected chi connectivity index (χ2v) is 13.7. The SMILES string of the molecule is C=Cc1ccc(-c2c3nc(c(-c4ccc(C=C)cc4)c4ccc([n-]4)c(-c4ccc(C=C)cc4)c4nc(c(-c5ccc(C=C)cc5)c5ccc2[n-]5)C=C4)C=C3)cc1.[Cu+2]. The van der Waals surface area contributed by atoms with Gasteiger partial charge in [-0.15, -0.1) is 22.1 Å². The average molecular weight is 780 g/mol. The quantitative estimate of drug-likeness (QED) is 0.144. The van der Waals surface area contributed by atoms with Crippen LogP contribution in [0.5, 0.6) is 0 Å². The Bertz CT molecular complexity index is 2540. The maximum Gasteiger partial charge on any atom is 2.00 e. The fourth-order valence-electron chi connectivity index (χ4n) is 7.41. The van der Waals surface area contributed by atoms with Gasteiger partial charge in [0.2, 0.25) is 0 Å². The van der Waals surface area contributed by atoms with Crippen LogP contribution in [0, 0.1) is 0 Å². The Kier molecular flexibility index (Phi) is 10.1. The summed E-state index contributed by atoms with van der Waals surface area (Å²) in [4.78, 5) is 21.5. The van der Waals surface area contributed by atoms with Gasteiger partial charge in [-0.05, 0) is 91.1 Å². The summed E-state index contributed by atoms with van der Waals surface area (Å²) in [6, 6.07) is 41.8. The largest absolute Gasteiger partial charge is 2.00 e. The maximum absolute atomic E-state index is 5.37. The molecule has 0 N–H and O–H groups in total. The topological polar surface area (TPSA) is 54.0 Å². The van der Waals surface area contributed by atoms with E-state index in [0.29, 0.717) is 0 Å². The van der Waals surface area contributed by atoms with Crippen LogP contribution >= 0.6 is 0 Å². The summed E-state index contributed by atoms with van der Waals surface area (Å²) in [6.45, 7) is 15.9. The molecule has 0 aliphatic carbocycles. The Morgan fingerprint density at radius 1 is 0.316 bits per heavy atom. The van der Waals surface area contributed by atoms with Crippen LogP contribution in [-0.2, 0) is 17.1 Å². The summed E-state index contributed by atoms with van der Waals surface area (Å²) in [6.07, 6.45) is 15.7. The van der Waals surface area contributed by atoms with E-state index in [4.69, 9.17) is 19.9 Å². The molecule has 0 saturated carbocycles. The van der Waals surface area contributed by atoms with Gasteiger partial charge in [-0.1, -0.05) is 172 Å². The van der Waals surface area contributed by atoms with Crippen molar-refractivity contribution in [2.24, 2.45) is 0 Å². The molecule has 0 unspecified atom stereocenters. The average Bonchev–Trinajstić information content (AvgIpc) is 4.10. The molecule has 0 amide bonds. The Morgan fingerprint density at radius 3 is 0.719 bits per heavy atom. The van der Waals surface area contributed by atoms with Crippen LogP contribution in [0.1, 0.15) is 45.0 Å². The first-order chi connectivity index (χ1) is 27.5. The van der Waals surface area contributed by atoms with Crippen LogP contribution in [-0.4, -0.2) is 9.97 Å². The van der Waals surface area contributed by atoms with Crippen LogP contribution < -0.4 is 9.97 Å². The van der Waals surface area contributed by atoms with E-state index in [-0.39, 0.29) is 17.1 Å². The number of aromatic nitrogens is 4. The number of hydrogen-bond donors (Lipinski definition) is 0. The van der Waals surface area contributed by atoms with Crippen LogP contribution in [0.3, 0.4) is 0 Å². The van der Waals surface area contributed by atoms with E-state index in [2.05, 4.69) is 172 Å². The van der Waals surface area contributed by atoms with E-state index in [0.717, 1.165) is 112 Å². The molecule has 5 heterocycles. The Balaban J connectivity index is 0.00000455. The minimum atomic E-state index is 0. The van der Waals surface area contributed by atoms with Gasteiger partial charge in [0, 0.05) is 0 Å². The van der Waals surface area contributed by atoms with E-state index < -0.39 is 0 Å². The van der Waals surface area contributed by atoms with Crippen molar-refractivity contribution in [3.63, 3.8) is 0 Å². The molecule has 57 heavy (non-hydrogen) atoms. The molecule has 9 rings (SSSR count). The molecule has 2 aliphatic heterocycles. The molecular weight excluding hydrogens is 744 g/mol. The maximum atomic E-state index is 5.37. The second kappa shape index (κ2) is 15.6. The van der Waals surface area contributed by atoms with E-state index in [9.17, 15) is 0 Å². The first-order valence-corrected chi connectivity index (χ1v) is 18.5. The predicted molar refractivity (Wildman–Crippen MR) is 239 cm³/mol. The third-order valence-corrected chi connectivity index (χ3v) is 10.3. The van der Waals surface area contributed by atoms with Crippen LogP contribution in [0.15, 0.2) is 148 Å². The Morgan fingerprint density at radius 2 is 0.526 bits per heavy atom. The zero-order valence-electron chi connectivity index (χ0n) is 31.1. The summed E-state index contributed by atoms with van der Waals surface area (Å²) < 4.78 is 0. The van der Waals surface area contributed by atoms with Gasteiger partial charge in [-0.25, -0.2) is 9.97 Å². The van der Waals surface area contributed by atoms with Gasteiger partial charge in [0.25, 0.3) is 0 Å². The molecule has 275 valence electrons. The van der Waals surface area contributed by atoms with E-state index in [1.165, 1.54) is 0 Å². The first kappa shape index (κ1) is 36.9. The zero-order chi connectivity index (χ0) is 38.2. The molecule has 0 atom stereocenters. The summed E-state index contributed by atoms with van der Waals surface area (Å²) in [5, 5.41) is 0. The zero-order valence-corrected chi connectivity index (χ0v) is 32.0. The molecule has 0 saturated heterocycles. The summed E-state index contributed by atoms with van der Waals surface area (Å²) in [5.41, 5.74) is 18.4. The van der Waals surface area contributed by atoms with E-state index in [1.54, 1.807) is 0 Å². The number of rotatable bonds is 8. The summed E-state index contributed by atoms with van der Waals surface area (Å²) in [7, 11) is 0. The van der Waals surface area contributed by atoms with Crippen molar-refractivity contribution in [2.45, 2.75) is 0 Å². The van der Waals surface area contributed by atoms with Gasteiger partial charge in [0.1, 0.15) is 0 Å². The Hall–Kier alpha value is -7.04. The molecule has 4 nitrogen and oxygen atoms in total. The molecule has 3 aromatic heterocycles. The monoisotopic (exact) mass is 779 g/mol. The van der Waals surface area contributed by atoms with Gasteiger partial charge < -0.3 is 9.97 Å². The third-order valence-electron chi connectivity index (χ3n) is 10.3. The van der Waals surface area contributed by atoms with Crippen LogP contribution in [0.4, 0.5) is 0 Å². The molecule has 0 spiro atoms. The van der Waals surface area contributed by atoms with Crippen molar-refractivity contribution in [2.75, 3.05) is 0 Å². The van der Waals surface area contributed by atoms with Crippen LogP contribution in [0.2, 0.25) is 0 Å². The van der Waals surface area contributed by atoms with Gasteiger partial charge in [0.15, 0.2) is 0 Å². The van der Waals surface area contributed by atoms with Crippen LogP contribution in [0.25, 0.3) is 115 Å². The summed E-state index contributed by atoms with van der Waals surface area (Å²) in [5.74, 6) is 0. The van der Waals surface area contributed by atoms with Crippen molar-refractivity contribution in [3.05, 3.63) is 193 Å². The van der Waals surface area contributed by atoms with Gasteiger partial charge in [-0.2, -0.15) is 0 Å². The Labute approximate surface area is 343 Å². The number of hydrogen-bond acceptors (Lipinski definition) is 2. The van der Waals surface area contributed by atoms with Crippen molar-refractivity contribution in [1.29, 1.82) is 0 Å². The van der Waals surface area contributed by atoms with Gasteiger partial charge in [-0.3, -0.25) is 0 Å². The molecule has 1 radical (unpaired) electrons. The van der Waals surface area contributed by atoms with Crippen molar-refractivity contribution < 1.29 is 17.1 Å². The van der Waals surface area contributed by atoms with Crippen molar-refractivity contribution >= 4 is 70.7 Å². The molecule has 4 aromatic carbocycles. The van der Waals surface area contributed by atoms with Crippen molar-refractivity contribution in [1.82, 2.24) is 19.9 Å². The number of fused-ring (bicyclic) bond motifs is 8. The van der Waals surface area contributed by atoms with Crippen molar-refractivity contribution in [3.8, 4) is 44.5 Å². The smallest absolute Gasteiger partial charge is 0.657 e. The van der Waals surface area contributed by atoms with Gasteiger partial charge in [0.05, 0.1) is 22.8 Å². The summed E-state index contributed by atoms with van der Waals surface area (Å²) >= 11 is 0. The van der Waals surface area contributed by atoms with Gasteiger partial charge >= 0.3 is 17.1 Å². The second-order valence-electron chi connectivity index (χ2n) is 13.7. The third kappa shape index (κ3) is 6.91. The number of benzene rings is 4.